The van der Waals surface area contributed by atoms with Crippen molar-refractivity contribution in [1.29, 1.82) is 0 Å². The van der Waals surface area contributed by atoms with E-state index in [9.17, 15) is 0 Å². The summed E-state index contributed by atoms with van der Waals surface area (Å²) in [4.78, 5) is 4.22. The van der Waals surface area contributed by atoms with E-state index >= 15 is 0 Å². The summed E-state index contributed by atoms with van der Waals surface area (Å²) in [5, 5.41) is 7.68. The third-order valence-electron chi connectivity index (χ3n) is 3.73. The normalized spacial score (nSPS) is 19.1. The summed E-state index contributed by atoms with van der Waals surface area (Å²) < 4.78 is 1.85. The third-order valence-corrected chi connectivity index (χ3v) is 3.73. The Balaban J connectivity index is 1.69. The average Bonchev–Trinajstić information content (AvgIpc) is 2.90. The van der Waals surface area contributed by atoms with Crippen molar-refractivity contribution >= 4 is 0 Å². The van der Waals surface area contributed by atoms with Gasteiger partial charge in [-0.1, -0.05) is 12.8 Å². The number of hydrogen-bond donors (Lipinski definition) is 1. The Labute approximate surface area is 97.5 Å². The lowest BCUT2D eigenvalue weighted by Gasteiger charge is -2.20. The van der Waals surface area contributed by atoms with Gasteiger partial charge in [0.1, 0.15) is 12.2 Å². The molecular weight excluding hydrogens is 200 g/mol. The number of hydrogen-bond acceptors (Lipinski definition) is 3. The van der Waals surface area contributed by atoms with E-state index in [2.05, 4.69) is 22.3 Å². The van der Waals surface area contributed by atoms with E-state index in [1.165, 1.54) is 25.7 Å². The average molecular weight is 222 g/mol. The van der Waals surface area contributed by atoms with Gasteiger partial charge in [0.25, 0.3) is 0 Å². The van der Waals surface area contributed by atoms with Gasteiger partial charge >= 0.3 is 0 Å². The summed E-state index contributed by atoms with van der Waals surface area (Å²) in [6, 6.07) is 0.649. The van der Waals surface area contributed by atoms with Gasteiger partial charge in [0, 0.05) is 26.1 Å². The maximum Gasteiger partial charge on any atom is 0.138 e. The molecule has 1 aliphatic rings. The smallest absolute Gasteiger partial charge is 0.138 e. The second-order valence-corrected chi connectivity index (χ2v) is 4.84. The van der Waals surface area contributed by atoms with Crippen molar-refractivity contribution in [3.8, 4) is 0 Å². The van der Waals surface area contributed by atoms with Crippen molar-refractivity contribution in [3.05, 3.63) is 12.2 Å². The van der Waals surface area contributed by atoms with Crippen LogP contribution in [0.2, 0.25) is 0 Å². The van der Waals surface area contributed by atoms with Crippen molar-refractivity contribution in [3.63, 3.8) is 0 Å². The van der Waals surface area contributed by atoms with Crippen LogP contribution in [0.1, 0.15) is 38.4 Å². The predicted octanol–water partition coefficient (Wildman–Crippen LogP) is 1.53. The van der Waals surface area contributed by atoms with Crippen LogP contribution in [-0.2, 0) is 13.5 Å². The molecule has 1 aromatic rings. The fraction of sp³-hybridized carbons (Fsp3) is 0.833. The van der Waals surface area contributed by atoms with E-state index in [0.717, 1.165) is 24.7 Å². The Kier molecular flexibility index (Phi) is 3.93. The van der Waals surface area contributed by atoms with E-state index in [0.29, 0.717) is 6.04 Å². The molecule has 0 aliphatic heterocycles. The van der Waals surface area contributed by atoms with Gasteiger partial charge in [-0.25, -0.2) is 4.98 Å². The molecule has 1 aliphatic carbocycles. The highest BCUT2D eigenvalue weighted by Gasteiger charge is 2.20. The molecule has 0 amide bonds. The number of aryl methyl sites for hydroxylation is 1. The molecule has 4 nitrogen and oxygen atoms in total. The minimum absolute atomic E-state index is 0.649. The number of nitrogens with zero attached hydrogens (tertiary/aromatic N) is 3. The second kappa shape index (κ2) is 5.43. The molecule has 0 bridgehead atoms. The minimum atomic E-state index is 0.649. The number of aromatic nitrogens is 3. The molecule has 1 unspecified atom stereocenters. The first-order chi connectivity index (χ1) is 7.77. The summed E-state index contributed by atoms with van der Waals surface area (Å²) in [7, 11) is 1.95. The zero-order valence-electron chi connectivity index (χ0n) is 10.3. The van der Waals surface area contributed by atoms with Crippen LogP contribution < -0.4 is 5.32 Å². The molecule has 0 radical (unpaired) electrons. The Hall–Kier alpha value is -0.900. The van der Waals surface area contributed by atoms with Crippen molar-refractivity contribution < 1.29 is 0 Å². The molecule has 1 N–H and O–H groups in total. The van der Waals surface area contributed by atoms with Crippen LogP contribution in [0.25, 0.3) is 0 Å². The monoisotopic (exact) mass is 222 g/mol. The first kappa shape index (κ1) is 11.6. The molecule has 90 valence electrons. The lowest BCUT2D eigenvalue weighted by Crippen LogP contribution is -2.34. The quantitative estimate of drug-likeness (QED) is 0.821. The molecule has 2 rings (SSSR count). The van der Waals surface area contributed by atoms with Crippen LogP contribution in [0.3, 0.4) is 0 Å². The van der Waals surface area contributed by atoms with Gasteiger partial charge in [0.05, 0.1) is 0 Å². The van der Waals surface area contributed by atoms with Gasteiger partial charge in [-0.15, -0.1) is 0 Å². The van der Waals surface area contributed by atoms with Gasteiger partial charge < -0.3 is 5.32 Å². The van der Waals surface area contributed by atoms with Crippen molar-refractivity contribution in [2.24, 2.45) is 13.0 Å². The molecule has 1 atom stereocenters. The molecule has 0 saturated heterocycles. The Morgan fingerprint density at radius 3 is 2.88 bits per heavy atom. The van der Waals surface area contributed by atoms with Gasteiger partial charge in [-0.05, 0) is 25.7 Å². The first-order valence-electron chi connectivity index (χ1n) is 6.33. The topological polar surface area (TPSA) is 42.7 Å². The Bertz CT molecular complexity index is 315. The second-order valence-electron chi connectivity index (χ2n) is 4.84. The van der Waals surface area contributed by atoms with Gasteiger partial charge in [0.15, 0.2) is 0 Å². The predicted molar refractivity (Wildman–Crippen MR) is 64.1 cm³/mol. The standard InChI is InChI=1S/C12H22N4/c1-10(11-5-3-4-6-11)13-8-7-12-14-9-15-16(12)2/h9-11,13H,3-8H2,1-2H3. The maximum atomic E-state index is 4.22. The van der Waals surface area contributed by atoms with E-state index in [1.807, 2.05) is 11.7 Å². The maximum absolute atomic E-state index is 4.22. The van der Waals surface area contributed by atoms with Crippen molar-refractivity contribution in [1.82, 2.24) is 20.1 Å². The van der Waals surface area contributed by atoms with Crippen LogP contribution in [-0.4, -0.2) is 27.4 Å². The van der Waals surface area contributed by atoms with E-state index in [4.69, 9.17) is 0 Å². The lowest BCUT2D eigenvalue weighted by molar-refractivity contribution is 0.382. The molecule has 1 heterocycles. The Morgan fingerprint density at radius 1 is 1.50 bits per heavy atom. The van der Waals surface area contributed by atoms with Gasteiger partial charge in [-0.3, -0.25) is 4.68 Å². The molecule has 4 heteroatoms. The van der Waals surface area contributed by atoms with E-state index in [1.54, 1.807) is 6.33 Å². The summed E-state index contributed by atoms with van der Waals surface area (Å²) >= 11 is 0. The van der Waals surface area contributed by atoms with Crippen LogP contribution >= 0.6 is 0 Å². The molecule has 0 spiro atoms. The number of nitrogens with one attached hydrogen (secondary N) is 1. The Morgan fingerprint density at radius 2 is 2.25 bits per heavy atom. The minimum Gasteiger partial charge on any atom is -0.314 e. The van der Waals surface area contributed by atoms with Crippen LogP contribution in [0.4, 0.5) is 0 Å². The van der Waals surface area contributed by atoms with Crippen molar-refractivity contribution in [2.75, 3.05) is 6.54 Å². The van der Waals surface area contributed by atoms with Crippen LogP contribution in [0.5, 0.6) is 0 Å². The largest absolute Gasteiger partial charge is 0.314 e. The van der Waals surface area contributed by atoms with E-state index < -0.39 is 0 Å². The first-order valence-corrected chi connectivity index (χ1v) is 6.33. The fourth-order valence-electron chi connectivity index (χ4n) is 2.58. The lowest BCUT2D eigenvalue weighted by atomic mass is 10.00. The molecule has 1 fully saturated rings. The molecular formula is C12H22N4. The number of rotatable bonds is 5. The van der Waals surface area contributed by atoms with Crippen LogP contribution in [0.15, 0.2) is 6.33 Å². The van der Waals surface area contributed by atoms with Gasteiger partial charge in [-0.2, -0.15) is 5.10 Å². The fourth-order valence-corrected chi connectivity index (χ4v) is 2.58. The zero-order valence-corrected chi connectivity index (χ0v) is 10.3. The third kappa shape index (κ3) is 2.82. The molecule has 1 saturated carbocycles. The highest BCUT2D eigenvalue weighted by molar-refractivity contribution is 4.85. The van der Waals surface area contributed by atoms with Crippen LogP contribution in [0, 0.1) is 5.92 Å². The highest BCUT2D eigenvalue weighted by Crippen LogP contribution is 2.27. The summed E-state index contributed by atoms with van der Waals surface area (Å²) in [6.07, 6.45) is 8.22. The van der Waals surface area contributed by atoms with E-state index in [-0.39, 0.29) is 0 Å². The highest BCUT2D eigenvalue weighted by atomic mass is 15.3. The summed E-state index contributed by atoms with van der Waals surface area (Å²) in [5.74, 6) is 1.95. The zero-order chi connectivity index (χ0) is 11.4. The molecule has 16 heavy (non-hydrogen) atoms. The van der Waals surface area contributed by atoms with Gasteiger partial charge in [0.2, 0.25) is 0 Å². The molecule has 0 aromatic carbocycles. The summed E-state index contributed by atoms with van der Waals surface area (Å²) in [6.45, 7) is 3.32. The SMILES string of the molecule is CC(NCCc1ncnn1C)C1CCCC1. The molecule has 1 aromatic heterocycles. The van der Waals surface area contributed by atoms with Crippen molar-refractivity contribution in [2.45, 2.75) is 45.1 Å². The summed E-state index contributed by atoms with van der Waals surface area (Å²) in [5.41, 5.74) is 0.